The molecule has 4 N–H and O–H groups in total. The third-order valence-corrected chi connectivity index (χ3v) is 5.59. The van der Waals surface area contributed by atoms with Gasteiger partial charge >= 0.3 is 5.97 Å². The zero-order valence-electron chi connectivity index (χ0n) is 16.8. The van der Waals surface area contributed by atoms with Crippen molar-refractivity contribution in [1.29, 1.82) is 0 Å². The Balaban J connectivity index is 1.62. The molecule has 5 rings (SSSR count). The zero-order chi connectivity index (χ0) is 22.2. The molecule has 0 unspecified atom stereocenters. The van der Waals surface area contributed by atoms with Crippen molar-refractivity contribution in [2.45, 2.75) is 31.8 Å². The first-order chi connectivity index (χ1) is 15.5. The fraction of sp³-hybridized carbons (Fsp3) is 0.227. The number of carbonyl (C=O) groups is 1. The molecule has 0 amide bonds. The fourth-order valence-electron chi connectivity index (χ4n) is 3.97. The molecule has 1 saturated carbocycles. The van der Waals surface area contributed by atoms with E-state index in [2.05, 4.69) is 25.4 Å². The number of aromatic carboxylic acids is 1. The van der Waals surface area contributed by atoms with Crippen LogP contribution in [0, 0.1) is 0 Å². The summed E-state index contributed by atoms with van der Waals surface area (Å²) in [5.74, 6) is -0.461. The number of carboxylic acid groups (broad SMARTS) is 1. The van der Waals surface area contributed by atoms with E-state index in [0.717, 1.165) is 25.7 Å². The van der Waals surface area contributed by atoms with Gasteiger partial charge in [-0.2, -0.15) is 0 Å². The van der Waals surface area contributed by atoms with Crippen molar-refractivity contribution in [2.24, 2.45) is 0 Å². The van der Waals surface area contributed by atoms with Crippen molar-refractivity contribution in [2.75, 3.05) is 0 Å². The summed E-state index contributed by atoms with van der Waals surface area (Å²) in [5, 5.41) is 29.5. The second kappa shape index (κ2) is 7.80. The Morgan fingerprint density at radius 2 is 1.88 bits per heavy atom. The van der Waals surface area contributed by atoms with E-state index >= 15 is 0 Å². The van der Waals surface area contributed by atoms with Gasteiger partial charge in [0.1, 0.15) is 17.3 Å². The summed E-state index contributed by atoms with van der Waals surface area (Å²) in [6, 6.07) is 9.45. The maximum Gasteiger partial charge on any atom is 0.335 e. The number of nitrogens with one attached hydrogen (secondary N) is 2. The summed E-state index contributed by atoms with van der Waals surface area (Å²) >= 11 is 0. The second-order valence-electron chi connectivity index (χ2n) is 7.70. The average Bonchev–Trinajstić information content (AvgIpc) is 3.46. The number of hydrogen-bond donors (Lipinski definition) is 4. The van der Waals surface area contributed by atoms with Crippen molar-refractivity contribution < 1.29 is 19.7 Å². The van der Waals surface area contributed by atoms with Crippen LogP contribution in [0.2, 0.25) is 0 Å². The van der Waals surface area contributed by atoms with Crippen molar-refractivity contribution in [3.63, 3.8) is 0 Å². The molecule has 1 aliphatic rings. The number of aromatic nitrogens is 5. The maximum atomic E-state index is 12.4. The fourth-order valence-corrected chi connectivity index (χ4v) is 3.97. The van der Waals surface area contributed by atoms with Crippen molar-refractivity contribution in [3.05, 3.63) is 52.3 Å². The first-order valence-corrected chi connectivity index (χ1v) is 10.2. The number of aromatic amines is 2. The molecule has 2 heterocycles. The normalized spacial score (nSPS) is 14.1. The summed E-state index contributed by atoms with van der Waals surface area (Å²) in [7, 11) is 0. The Hall–Kier alpha value is -4.21. The molecule has 10 heteroatoms. The first-order valence-electron chi connectivity index (χ1n) is 10.2. The molecule has 0 aliphatic heterocycles. The van der Waals surface area contributed by atoms with E-state index in [-0.39, 0.29) is 28.6 Å². The summed E-state index contributed by atoms with van der Waals surface area (Å²) in [4.78, 5) is 30.7. The van der Waals surface area contributed by atoms with Gasteiger partial charge in [0, 0.05) is 5.56 Å². The molecular formula is C22H19N5O5. The minimum Gasteiger partial charge on any atom is -0.507 e. The molecule has 32 heavy (non-hydrogen) atoms. The number of carboxylic acids is 1. The topological polar surface area (TPSA) is 154 Å². The number of nitrogens with zero attached hydrogens (tertiary/aromatic N) is 3. The summed E-state index contributed by atoms with van der Waals surface area (Å²) in [6.07, 6.45) is 4.05. The van der Waals surface area contributed by atoms with Crippen LogP contribution >= 0.6 is 0 Å². The van der Waals surface area contributed by atoms with Gasteiger partial charge in [0.05, 0.1) is 17.2 Å². The predicted octanol–water partition coefficient (Wildman–Crippen LogP) is 3.10. The van der Waals surface area contributed by atoms with E-state index in [1.54, 1.807) is 24.3 Å². The van der Waals surface area contributed by atoms with Gasteiger partial charge in [-0.1, -0.05) is 11.3 Å². The number of rotatable bonds is 5. The van der Waals surface area contributed by atoms with Gasteiger partial charge in [0.15, 0.2) is 11.2 Å². The van der Waals surface area contributed by atoms with Crippen LogP contribution in [-0.4, -0.2) is 47.7 Å². The van der Waals surface area contributed by atoms with E-state index in [1.165, 1.54) is 12.1 Å². The highest BCUT2D eigenvalue weighted by atomic mass is 16.5. The maximum absolute atomic E-state index is 12.4. The van der Waals surface area contributed by atoms with Crippen LogP contribution in [-0.2, 0) is 0 Å². The summed E-state index contributed by atoms with van der Waals surface area (Å²) in [6.45, 7) is 0. The van der Waals surface area contributed by atoms with E-state index < -0.39 is 11.5 Å². The lowest BCUT2D eigenvalue weighted by atomic mass is 10.00. The predicted molar refractivity (Wildman–Crippen MR) is 115 cm³/mol. The molecular weight excluding hydrogens is 414 g/mol. The van der Waals surface area contributed by atoms with Crippen molar-refractivity contribution in [1.82, 2.24) is 25.4 Å². The molecule has 0 saturated heterocycles. The molecule has 0 radical (unpaired) electrons. The summed E-state index contributed by atoms with van der Waals surface area (Å²) < 4.78 is 6.28. The monoisotopic (exact) mass is 433 g/mol. The largest absolute Gasteiger partial charge is 0.507 e. The van der Waals surface area contributed by atoms with Gasteiger partial charge in [-0.05, 0) is 61.6 Å². The number of hydrogen-bond acceptors (Lipinski definition) is 7. The molecule has 2 aromatic carbocycles. The molecule has 1 aliphatic carbocycles. The van der Waals surface area contributed by atoms with Gasteiger partial charge < -0.3 is 19.9 Å². The van der Waals surface area contributed by atoms with E-state index in [0.29, 0.717) is 28.3 Å². The molecule has 162 valence electrons. The van der Waals surface area contributed by atoms with Crippen LogP contribution < -0.4 is 10.3 Å². The first kappa shape index (κ1) is 19.7. The number of phenolic OH excluding ortho intramolecular Hbond substituents is 1. The number of H-pyrrole nitrogens is 2. The van der Waals surface area contributed by atoms with Crippen LogP contribution in [0.3, 0.4) is 0 Å². The van der Waals surface area contributed by atoms with Crippen molar-refractivity contribution in [3.8, 4) is 34.0 Å². The van der Waals surface area contributed by atoms with Gasteiger partial charge in [0.25, 0.3) is 5.56 Å². The Kier molecular flexibility index (Phi) is 4.81. The van der Waals surface area contributed by atoms with Crippen LogP contribution in [0.1, 0.15) is 36.0 Å². The van der Waals surface area contributed by atoms with Crippen molar-refractivity contribution >= 4 is 17.1 Å². The quantitative estimate of drug-likeness (QED) is 0.374. The van der Waals surface area contributed by atoms with Gasteiger partial charge in [-0.25, -0.2) is 14.9 Å². The van der Waals surface area contributed by atoms with E-state index in [1.807, 2.05) is 0 Å². The lowest BCUT2D eigenvalue weighted by Gasteiger charge is -2.18. The zero-order valence-corrected chi connectivity index (χ0v) is 16.8. The molecule has 1 fully saturated rings. The smallest absolute Gasteiger partial charge is 0.335 e. The Morgan fingerprint density at radius 3 is 2.62 bits per heavy atom. The van der Waals surface area contributed by atoms with E-state index in [9.17, 15) is 14.7 Å². The number of benzene rings is 2. The van der Waals surface area contributed by atoms with Gasteiger partial charge in [0.2, 0.25) is 0 Å². The molecule has 0 atom stereocenters. The second-order valence-corrected chi connectivity index (χ2v) is 7.70. The van der Waals surface area contributed by atoms with Crippen LogP contribution in [0.5, 0.6) is 11.5 Å². The number of fused-ring (bicyclic) bond motifs is 1. The number of phenols is 1. The highest BCUT2D eigenvalue weighted by Crippen LogP contribution is 2.38. The molecule has 4 aromatic rings. The van der Waals surface area contributed by atoms with Crippen LogP contribution in [0.15, 0.2) is 41.2 Å². The molecule has 2 aromatic heterocycles. The minimum absolute atomic E-state index is 0.00598. The molecule has 0 bridgehead atoms. The lowest BCUT2D eigenvalue weighted by molar-refractivity contribution is 0.0696. The third-order valence-electron chi connectivity index (χ3n) is 5.59. The van der Waals surface area contributed by atoms with Crippen LogP contribution in [0.4, 0.5) is 0 Å². The number of ether oxygens (including phenoxy) is 1. The van der Waals surface area contributed by atoms with Gasteiger partial charge in [-0.15, -0.1) is 5.10 Å². The highest BCUT2D eigenvalue weighted by molar-refractivity contribution is 5.90. The van der Waals surface area contributed by atoms with Crippen LogP contribution in [0.25, 0.3) is 33.7 Å². The summed E-state index contributed by atoms with van der Waals surface area (Å²) in [5.41, 5.74) is 1.64. The highest BCUT2D eigenvalue weighted by Gasteiger charge is 2.21. The SMILES string of the molecule is O=C(O)c1ccc(-c2ccc(-c3nc4[nH]nnc4c(=O)[nH]3)c(OC3CCCC3)c2)c(O)c1. The average molecular weight is 433 g/mol. The third kappa shape index (κ3) is 3.55. The minimum atomic E-state index is -1.12. The molecule has 0 spiro atoms. The standard InChI is InChI=1S/C22H19N5O5/c28-16-9-12(22(30)31)6-7-14(16)11-5-8-15(17(10-11)32-13-3-1-2-4-13)19-23-20-18(21(29)24-19)25-27-26-20/h5-10,13,28H,1-4H2,(H,30,31)(H2,23,24,25,26,27,29). The molecule has 10 nitrogen and oxygen atoms in total. The van der Waals surface area contributed by atoms with E-state index in [4.69, 9.17) is 9.84 Å². The Labute approximate surface area is 180 Å². The van der Waals surface area contributed by atoms with Gasteiger partial charge in [-0.3, -0.25) is 4.79 Å². The Morgan fingerprint density at radius 1 is 1.09 bits per heavy atom. The lowest BCUT2D eigenvalue weighted by Crippen LogP contribution is -2.13. The number of aromatic hydroxyl groups is 1. The Bertz CT molecular complexity index is 1390.